The van der Waals surface area contributed by atoms with E-state index >= 15 is 0 Å². The van der Waals surface area contributed by atoms with Gasteiger partial charge in [-0.05, 0) is 41.7 Å². The fourth-order valence-corrected chi connectivity index (χ4v) is 3.30. The fourth-order valence-electron chi connectivity index (χ4n) is 3.06. The molecule has 0 saturated heterocycles. The van der Waals surface area contributed by atoms with Crippen LogP contribution in [0.5, 0.6) is 0 Å². The summed E-state index contributed by atoms with van der Waals surface area (Å²) >= 11 is 5.25. The van der Waals surface area contributed by atoms with Crippen LogP contribution in [0.2, 0.25) is 0 Å². The van der Waals surface area contributed by atoms with Crippen LogP contribution in [-0.4, -0.2) is 10.9 Å². The molecule has 1 heterocycles. The minimum absolute atomic E-state index is 0.0663. The van der Waals surface area contributed by atoms with Gasteiger partial charge in [0.05, 0.1) is 6.04 Å². The van der Waals surface area contributed by atoms with Gasteiger partial charge in [-0.1, -0.05) is 26.0 Å². The molecule has 5 heteroatoms. The summed E-state index contributed by atoms with van der Waals surface area (Å²) in [6.45, 7) is 4.16. The highest BCUT2D eigenvalue weighted by Gasteiger charge is 2.39. The zero-order valence-corrected chi connectivity index (χ0v) is 12.8. The molecule has 0 aromatic heterocycles. The van der Waals surface area contributed by atoms with Crippen LogP contribution >= 0.6 is 12.2 Å². The molecule has 0 spiro atoms. The monoisotopic (exact) mass is 304 g/mol. The molecule has 110 valence electrons. The van der Waals surface area contributed by atoms with E-state index in [9.17, 15) is 9.18 Å². The van der Waals surface area contributed by atoms with Gasteiger partial charge in [0.15, 0.2) is 10.9 Å². The molecule has 0 fully saturated rings. The van der Waals surface area contributed by atoms with Gasteiger partial charge >= 0.3 is 0 Å². The van der Waals surface area contributed by atoms with E-state index < -0.39 is 0 Å². The second-order valence-corrected chi connectivity index (χ2v) is 6.82. The van der Waals surface area contributed by atoms with E-state index in [1.807, 2.05) is 0 Å². The van der Waals surface area contributed by atoms with Gasteiger partial charge in [-0.3, -0.25) is 4.79 Å². The number of carbonyl (C=O) groups excluding carboxylic acids is 1. The van der Waals surface area contributed by atoms with Crippen LogP contribution in [0.1, 0.15) is 38.3 Å². The largest absolute Gasteiger partial charge is 0.351 e. The zero-order chi connectivity index (χ0) is 15.2. The quantitative estimate of drug-likeness (QED) is 0.783. The smallest absolute Gasteiger partial charge is 0.171 e. The predicted octanol–water partition coefficient (Wildman–Crippen LogP) is 2.99. The van der Waals surface area contributed by atoms with Crippen LogP contribution in [0.3, 0.4) is 0 Å². The number of hydrogen-bond acceptors (Lipinski definition) is 2. The first-order valence-electron chi connectivity index (χ1n) is 6.95. The highest BCUT2D eigenvalue weighted by molar-refractivity contribution is 7.80. The molecule has 3 nitrogen and oxygen atoms in total. The normalized spacial score (nSPS) is 24.2. The maximum absolute atomic E-state index is 13.1. The summed E-state index contributed by atoms with van der Waals surface area (Å²) in [5.74, 6) is -0.168. The van der Waals surface area contributed by atoms with Crippen LogP contribution in [0.15, 0.2) is 35.5 Å². The number of hydrogen-bond donors (Lipinski definition) is 2. The third-order valence-electron chi connectivity index (χ3n) is 3.95. The Hall–Kier alpha value is -1.75. The number of thiocarbonyl (C=S) groups is 1. The molecule has 0 amide bonds. The first-order chi connectivity index (χ1) is 9.85. The first-order valence-corrected chi connectivity index (χ1v) is 7.36. The Labute approximate surface area is 128 Å². The summed E-state index contributed by atoms with van der Waals surface area (Å²) in [6, 6.07) is 5.90. The van der Waals surface area contributed by atoms with Gasteiger partial charge in [-0.15, -0.1) is 0 Å². The molecule has 3 rings (SSSR count). The Kier molecular flexibility index (Phi) is 3.32. The summed E-state index contributed by atoms with van der Waals surface area (Å²) in [5, 5.41) is 6.76. The fraction of sp³-hybridized carbons (Fsp3) is 0.375. The lowest BCUT2D eigenvalue weighted by Crippen LogP contribution is -2.48. The average Bonchev–Trinajstić information content (AvgIpc) is 2.36. The van der Waals surface area contributed by atoms with Crippen molar-refractivity contribution in [3.05, 3.63) is 46.9 Å². The van der Waals surface area contributed by atoms with Crippen molar-refractivity contribution in [3.8, 4) is 0 Å². The molecule has 0 saturated carbocycles. The van der Waals surface area contributed by atoms with Gasteiger partial charge in [-0.25, -0.2) is 4.39 Å². The topological polar surface area (TPSA) is 41.1 Å². The molecule has 1 atom stereocenters. The molecule has 1 aromatic carbocycles. The standard InChI is InChI=1S/C16H17FN2OS/c1-16(2)7-11-13(12(20)8-16)14(19-15(21)18-11)9-3-5-10(17)6-4-9/h3-6,14H,7-8H2,1-2H3,(H2,18,19,21)/t14-/m1/s1. The number of nitrogens with one attached hydrogen (secondary N) is 2. The number of allylic oxidation sites excluding steroid dienone is 1. The molecule has 1 aliphatic heterocycles. The van der Waals surface area contributed by atoms with Crippen molar-refractivity contribution in [1.29, 1.82) is 0 Å². The van der Waals surface area contributed by atoms with Crippen LogP contribution < -0.4 is 10.6 Å². The van der Waals surface area contributed by atoms with E-state index in [0.717, 1.165) is 23.3 Å². The average molecular weight is 304 g/mol. The lowest BCUT2D eigenvalue weighted by Gasteiger charge is -2.39. The molecule has 21 heavy (non-hydrogen) atoms. The second kappa shape index (κ2) is 4.91. The maximum Gasteiger partial charge on any atom is 0.171 e. The predicted molar refractivity (Wildman–Crippen MR) is 83.1 cm³/mol. The Morgan fingerprint density at radius 1 is 1.24 bits per heavy atom. The molecule has 1 aromatic rings. The Bertz CT molecular complexity index is 649. The SMILES string of the molecule is CC1(C)CC(=O)C2=C(C1)NC(=S)N[C@@H]2c1ccc(F)cc1. The van der Waals surface area contributed by atoms with Gasteiger partial charge in [0.25, 0.3) is 0 Å². The molecule has 0 radical (unpaired) electrons. The molecule has 2 N–H and O–H groups in total. The van der Waals surface area contributed by atoms with Gasteiger partial charge in [0, 0.05) is 17.7 Å². The molecule has 0 unspecified atom stereocenters. The minimum atomic E-state index is -0.294. The zero-order valence-electron chi connectivity index (χ0n) is 12.0. The minimum Gasteiger partial charge on any atom is -0.351 e. The van der Waals surface area contributed by atoms with Gasteiger partial charge in [-0.2, -0.15) is 0 Å². The van der Waals surface area contributed by atoms with Crippen molar-refractivity contribution >= 4 is 23.1 Å². The van der Waals surface area contributed by atoms with Crippen molar-refractivity contribution < 1.29 is 9.18 Å². The van der Waals surface area contributed by atoms with E-state index in [2.05, 4.69) is 24.5 Å². The van der Waals surface area contributed by atoms with Crippen LogP contribution in [0.4, 0.5) is 4.39 Å². The van der Waals surface area contributed by atoms with Crippen LogP contribution in [-0.2, 0) is 4.79 Å². The van der Waals surface area contributed by atoms with Crippen molar-refractivity contribution in [2.24, 2.45) is 5.41 Å². The number of benzene rings is 1. The lowest BCUT2D eigenvalue weighted by molar-refractivity contribution is -0.118. The number of rotatable bonds is 1. The van der Waals surface area contributed by atoms with E-state index in [4.69, 9.17) is 12.2 Å². The third-order valence-corrected chi connectivity index (χ3v) is 4.17. The van der Waals surface area contributed by atoms with Crippen molar-refractivity contribution in [1.82, 2.24) is 10.6 Å². The van der Waals surface area contributed by atoms with Gasteiger partial charge in [0.2, 0.25) is 0 Å². The number of carbonyl (C=O) groups is 1. The second-order valence-electron chi connectivity index (χ2n) is 6.42. The summed E-state index contributed by atoms with van der Waals surface area (Å²) in [7, 11) is 0. The summed E-state index contributed by atoms with van der Waals surface area (Å²) in [4.78, 5) is 12.5. The van der Waals surface area contributed by atoms with E-state index in [-0.39, 0.29) is 23.1 Å². The Morgan fingerprint density at radius 3 is 2.57 bits per heavy atom. The highest BCUT2D eigenvalue weighted by Crippen LogP contribution is 2.41. The number of ketones is 1. The summed E-state index contributed by atoms with van der Waals surface area (Å²) < 4.78 is 13.1. The molecular formula is C16H17FN2OS. The summed E-state index contributed by atoms with van der Waals surface area (Å²) in [5.41, 5.74) is 2.41. The van der Waals surface area contributed by atoms with Crippen molar-refractivity contribution in [2.75, 3.05) is 0 Å². The van der Waals surface area contributed by atoms with E-state index in [1.54, 1.807) is 12.1 Å². The van der Waals surface area contributed by atoms with Gasteiger partial charge < -0.3 is 10.6 Å². The maximum atomic E-state index is 13.1. The third kappa shape index (κ3) is 2.70. The van der Waals surface area contributed by atoms with Crippen molar-refractivity contribution in [2.45, 2.75) is 32.7 Å². The molecule has 0 bridgehead atoms. The highest BCUT2D eigenvalue weighted by atomic mass is 32.1. The Balaban J connectivity index is 2.06. The van der Waals surface area contributed by atoms with Crippen LogP contribution in [0, 0.1) is 11.2 Å². The van der Waals surface area contributed by atoms with Gasteiger partial charge in [0.1, 0.15) is 5.82 Å². The van der Waals surface area contributed by atoms with Crippen LogP contribution in [0.25, 0.3) is 0 Å². The first kappa shape index (κ1) is 14.2. The molecule has 2 aliphatic rings. The lowest BCUT2D eigenvalue weighted by atomic mass is 9.73. The summed E-state index contributed by atoms with van der Waals surface area (Å²) in [6.07, 6.45) is 1.30. The van der Waals surface area contributed by atoms with E-state index in [1.165, 1.54) is 12.1 Å². The molecular weight excluding hydrogens is 287 g/mol. The molecule has 1 aliphatic carbocycles. The Morgan fingerprint density at radius 2 is 1.90 bits per heavy atom. The number of halogens is 1. The van der Waals surface area contributed by atoms with Crippen molar-refractivity contribution in [3.63, 3.8) is 0 Å². The number of Topliss-reactive ketones (excluding diaryl/α,β-unsaturated/α-hetero) is 1. The van der Waals surface area contributed by atoms with E-state index in [0.29, 0.717) is 11.5 Å².